The topological polar surface area (TPSA) is 71.1 Å². The summed E-state index contributed by atoms with van der Waals surface area (Å²) in [6.45, 7) is 8.40. The fourth-order valence-corrected chi connectivity index (χ4v) is 2.78. The van der Waals surface area contributed by atoms with Crippen molar-refractivity contribution in [1.82, 2.24) is 4.98 Å². The molecule has 1 aromatic heterocycles. The van der Waals surface area contributed by atoms with Gasteiger partial charge in [-0.25, -0.2) is 0 Å². The monoisotopic (exact) mass is 387 g/mol. The lowest BCUT2D eigenvalue weighted by Crippen LogP contribution is -2.17. The lowest BCUT2D eigenvalue weighted by Gasteiger charge is -2.19. The summed E-state index contributed by atoms with van der Waals surface area (Å²) in [6.07, 6.45) is 1.46. The number of anilines is 2. The summed E-state index contributed by atoms with van der Waals surface area (Å²) >= 11 is 0. The minimum atomic E-state index is -0.363. The van der Waals surface area contributed by atoms with Gasteiger partial charge in [-0.1, -0.05) is 50.6 Å². The molecule has 0 unspecified atom stereocenters. The van der Waals surface area contributed by atoms with Crippen LogP contribution in [0, 0.1) is 6.92 Å². The summed E-state index contributed by atoms with van der Waals surface area (Å²) in [5.74, 6) is -0.654. The molecule has 148 valence electrons. The fourth-order valence-electron chi connectivity index (χ4n) is 2.78. The van der Waals surface area contributed by atoms with Crippen LogP contribution in [-0.4, -0.2) is 16.8 Å². The summed E-state index contributed by atoms with van der Waals surface area (Å²) < 4.78 is 0. The number of nitrogens with zero attached hydrogens (tertiary/aromatic N) is 1. The molecule has 0 aliphatic heterocycles. The van der Waals surface area contributed by atoms with Crippen LogP contribution < -0.4 is 10.6 Å². The normalized spacial score (nSPS) is 11.0. The average Bonchev–Trinajstić information content (AvgIpc) is 2.69. The maximum Gasteiger partial charge on any atom is 0.274 e. The molecule has 0 radical (unpaired) electrons. The zero-order valence-corrected chi connectivity index (χ0v) is 17.1. The molecular formula is C24H25N3O2. The number of carbonyl (C=O) groups excluding carboxylic acids is 2. The second kappa shape index (κ2) is 8.27. The number of aromatic nitrogens is 1. The van der Waals surface area contributed by atoms with Gasteiger partial charge in [-0.2, -0.15) is 0 Å². The Morgan fingerprint density at radius 3 is 1.93 bits per heavy atom. The van der Waals surface area contributed by atoms with Gasteiger partial charge in [0.05, 0.1) is 0 Å². The SMILES string of the molecule is Cc1ccc(NC(=O)c2cc(C(=O)Nc3ccc(C(C)(C)C)cc3)ccn2)cc1. The molecule has 0 atom stereocenters. The number of benzene rings is 2. The Balaban J connectivity index is 1.70. The van der Waals surface area contributed by atoms with Gasteiger partial charge in [-0.3, -0.25) is 14.6 Å². The van der Waals surface area contributed by atoms with Gasteiger partial charge in [0, 0.05) is 23.1 Å². The van der Waals surface area contributed by atoms with Crippen molar-refractivity contribution in [1.29, 1.82) is 0 Å². The van der Waals surface area contributed by atoms with Crippen LogP contribution in [-0.2, 0) is 5.41 Å². The zero-order valence-electron chi connectivity index (χ0n) is 17.1. The molecule has 29 heavy (non-hydrogen) atoms. The van der Waals surface area contributed by atoms with E-state index in [2.05, 4.69) is 36.4 Å². The predicted octanol–water partition coefficient (Wildman–Crippen LogP) is 5.19. The summed E-state index contributed by atoms with van der Waals surface area (Å²) in [7, 11) is 0. The van der Waals surface area contributed by atoms with Crippen molar-refractivity contribution in [2.45, 2.75) is 33.1 Å². The largest absolute Gasteiger partial charge is 0.322 e. The van der Waals surface area contributed by atoms with Crippen LogP contribution in [0.2, 0.25) is 0 Å². The van der Waals surface area contributed by atoms with Crippen LogP contribution in [0.25, 0.3) is 0 Å². The number of amides is 2. The highest BCUT2D eigenvalue weighted by Gasteiger charge is 2.15. The van der Waals surface area contributed by atoms with Crippen LogP contribution in [0.15, 0.2) is 66.9 Å². The van der Waals surface area contributed by atoms with E-state index in [1.54, 1.807) is 6.07 Å². The van der Waals surface area contributed by atoms with E-state index < -0.39 is 0 Å². The highest BCUT2D eigenvalue weighted by atomic mass is 16.2. The first kappa shape index (κ1) is 20.3. The van der Waals surface area contributed by atoms with Gasteiger partial charge in [-0.15, -0.1) is 0 Å². The van der Waals surface area contributed by atoms with Crippen LogP contribution >= 0.6 is 0 Å². The maximum atomic E-state index is 12.6. The Morgan fingerprint density at radius 1 is 0.793 bits per heavy atom. The highest BCUT2D eigenvalue weighted by Crippen LogP contribution is 2.23. The number of hydrogen-bond acceptors (Lipinski definition) is 3. The Kier molecular flexibility index (Phi) is 5.78. The Morgan fingerprint density at radius 2 is 1.34 bits per heavy atom. The third kappa shape index (κ3) is 5.29. The molecule has 0 spiro atoms. The molecule has 2 amide bonds. The molecule has 0 saturated carbocycles. The molecule has 0 aliphatic carbocycles. The molecule has 0 aliphatic rings. The van der Waals surface area contributed by atoms with E-state index in [1.807, 2.05) is 55.5 Å². The molecule has 3 aromatic rings. The average molecular weight is 387 g/mol. The van der Waals surface area contributed by atoms with Crippen molar-refractivity contribution in [3.63, 3.8) is 0 Å². The second-order valence-corrected chi connectivity index (χ2v) is 8.03. The first-order valence-electron chi connectivity index (χ1n) is 9.48. The molecule has 0 saturated heterocycles. The minimum Gasteiger partial charge on any atom is -0.322 e. The van der Waals surface area contributed by atoms with Crippen molar-refractivity contribution in [3.8, 4) is 0 Å². The van der Waals surface area contributed by atoms with Gasteiger partial charge < -0.3 is 10.6 Å². The molecule has 5 heteroatoms. The van der Waals surface area contributed by atoms with Crippen LogP contribution in [0.1, 0.15) is 52.7 Å². The number of rotatable bonds is 4. The molecule has 0 bridgehead atoms. The Labute approximate surface area is 171 Å². The second-order valence-electron chi connectivity index (χ2n) is 8.03. The van der Waals surface area contributed by atoms with Gasteiger partial charge in [0.25, 0.3) is 11.8 Å². The molecular weight excluding hydrogens is 362 g/mol. The Hall–Kier alpha value is -3.47. The first-order chi connectivity index (χ1) is 13.7. The van der Waals surface area contributed by atoms with Gasteiger partial charge in [0.1, 0.15) is 5.69 Å². The van der Waals surface area contributed by atoms with E-state index >= 15 is 0 Å². The van der Waals surface area contributed by atoms with E-state index in [4.69, 9.17) is 0 Å². The van der Waals surface area contributed by atoms with Crippen LogP contribution in [0.4, 0.5) is 11.4 Å². The van der Waals surface area contributed by atoms with Crippen molar-refractivity contribution in [2.24, 2.45) is 0 Å². The maximum absolute atomic E-state index is 12.6. The fraction of sp³-hybridized carbons (Fsp3) is 0.208. The molecule has 2 N–H and O–H groups in total. The number of nitrogens with one attached hydrogen (secondary N) is 2. The lowest BCUT2D eigenvalue weighted by molar-refractivity contribution is 0.102. The Bertz CT molecular complexity index is 1020. The zero-order chi connectivity index (χ0) is 21.0. The summed E-state index contributed by atoms with van der Waals surface area (Å²) in [4.78, 5) is 29.1. The van der Waals surface area contributed by atoms with E-state index in [-0.39, 0.29) is 22.9 Å². The lowest BCUT2D eigenvalue weighted by atomic mass is 9.87. The van der Waals surface area contributed by atoms with Gasteiger partial charge >= 0.3 is 0 Å². The minimum absolute atomic E-state index is 0.0490. The van der Waals surface area contributed by atoms with Crippen molar-refractivity contribution < 1.29 is 9.59 Å². The van der Waals surface area contributed by atoms with Gasteiger partial charge in [-0.05, 0) is 54.3 Å². The summed E-state index contributed by atoms with van der Waals surface area (Å²) in [6, 6.07) is 18.3. The number of hydrogen-bond donors (Lipinski definition) is 2. The smallest absolute Gasteiger partial charge is 0.274 e. The first-order valence-corrected chi connectivity index (χ1v) is 9.48. The number of aryl methyl sites for hydroxylation is 1. The molecule has 3 rings (SSSR count). The van der Waals surface area contributed by atoms with Crippen LogP contribution in [0.3, 0.4) is 0 Å². The van der Waals surface area contributed by atoms with Crippen molar-refractivity contribution in [2.75, 3.05) is 10.6 Å². The third-order valence-corrected chi connectivity index (χ3v) is 4.57. The van der Waals surface area contributed by atoms with E-state index in [9.17, 15) is 9.59 Å². The predicted molar refractivity (Wildman–Crippen MR) is 116 cm³/mol. The molecule has 5 nitrogen and oxygen atoms in total. The molecule has 2 aromatic carbocycles. The third-order valence-electron chi connectivity index (χ3n) is 4.57. The van der Waals surface area contributed by atoms with Crippen molar-refractivity contribution >= 4 is 23.2 Å². The number of pyridine rings is 1. The van der Waals surface area contributed by atoms with Crippen LogP contribution in [0.5, 0.6) is 0 Å². The summed E-state index contributed by atoms with van der Waals surface area (Å²) in [5, 5.41) is 5.65. The summed E-state index contributed by atoms with van der Waals surface area (Å²) in [5.41, 5.74) is 4.27. The standard InChI is InChI=1S/C24H25N3O2/c1-16-5-9-19(10-6-16)27-23(29)21-15-17(13-14-25-21)22(28)26-20-11-7-18(8-12-20)24(2,3)4/h5-15H,1-4H3,(H,26,28)(H,27,29). The van der Waals surface area contributed by atoms with Crippen molar-refractivity contribution in [3.05, 3.63) is 89.2 Å². The van der Waals surface area contributed by atoms with Gasteiger partial charge in [0.15, 0.2) is 0 Å². The number of carbonyl (C=O) groups is 2. The highest BCUT2D eigenvalue weighted by molar-refractivity contribution is 6.07. The van der Waals surface area contributed by atoms with E-state index in [0.717, 1.165) is 5.56 Å². The van der Waals surface area contributed by atoms with E-state index in [1.165, 1.54) is 17.8 Å². The van der Waals surface area contributed by atoms with Gasteiger partial charge in [0.2, 0.25) is 0 Å². The quantitative estimate of drug-likeness (QED) is 0.647. The molecule has 1 heterocycles. The van der Waals surface area contributed by atoms with E-state index in [0.29, 0.717) is 16.9 Å². The molecule has 0 fully saturated rings.